The van der Waals surface area contributed by atoms with Crippen LogP contribution in [-0.4, -0.2) is 67.5 Å². The molecule has 1 aliphatic rings. The molecule has 0 unspecified atom stereocenters. The summed E-state index contributed by atoms with van der Waals surface area (Å²) in [6, 6.07) is 10.2. The van der Waals surface area contributed by atoms with Gasteiger partial charge in [0, 0.05) is 70.5 Å². The third kappa shape index (κ3) is 4.68. The molecule has 1 fully saturated rings. The molecule has 0 atom stereocenters. The van der Waals surface area contributed by atoms with Gasteiger partial charge in [0.15, 0.2) is 5.96 Å². The maximum atomic E-state index is 5.33. The Hall–Kier alpha value is -2.70. The highest BCUT2D eigenvalue weighted by atomic mass is 16.5. The molecule has 0 radical (unpaired) electrons. The normalized spacial score (nSPS) is 15.2. The Balaban J connectivity index is 1.44. The van der Waals surface area contributed by atoms with E-state index in [4.69, 9.17) is 4.74 Å². The topological polar surface area (TPSA) is 57.9 Å². The Morgan fingerprint density at radius 2 is 2.08 bits per heavy atom. The number of hydrogen-bond acceptors (Lipinski definition) is 4. The third-order valence-electron chi connectivity index (χ3n) is 4.62. The SMILES string of the molecule is CN=C(NCCCn1cccn1)N1CCN(c2cccc(OC)c2)CC1. The lowest BCUT2D eigenvalue weighted by molar-refractivity contribution is 0.371. The lowest BCUT2D eigenvalue weighted by Crippen LogP contribution is -2.52. The Kier molecular flexibility index (Phi) is 6.35. The van der Waals surface area contributed by atoms with Crippen LogP contribution in [0.3, 0.4) is 0 Å². The highest BCUT2D eigenvalue weighted by Gasteiger charge is 2.19. The molecule has 0 aliphatic carbocycles. The van der Waals surface area contributed by atoms with E-state index in [9.17, 15) is 0 Å². The van der Waals surface area contributed by atoms with E-state index in [1.54, 1.807) is 7.11 Å². The summed E-state index contributed by atoms with van der Waals surface area (Å²) in [6.07, 6.45) is 4.82. The van der Waals surface area contributed by atoms with Gasteiger partial charge in [0.05, 0.1) is 7.11 Å². The van der Waals surface area contributed by atoms with Crippen molar-refractivity contribution in [2.24, 2.45) is 4.99 Å². The smallest absolute Gasteiger partial charge is 0.193 e. The molecule has 1 saturated heterocycles. The summed E-state index contributed by atoms with van der Waals surface area (Å²) in [5.41, 5.74) is 1.21. The number of aryl methyl sites for hydroxylation is 1. The van der Waals surface area contributed by atoms with E-state index in [0.29, 0.717) is 0 Å². The molecular weight excluding hydrogens is 328 g/mol. The molecule has 2 aromatic rings. The number of nitrogens with zero attached hydrogens (tertiary/aromatic N) is 5. The predicted molar refractivity (Wildman–Crippen MR) is 105 cm³/mol. The molecule has 0 saturated carbocycles. The molecule has 26 heavy (non-hydrogen) atoms. The van der Waals surface area contributed by atoms with Gasteiger partial charge in [0.25, 0.3) is 0 Å². The number of ether oxygens (including phenoxy) is 1. The minimum atomic E-state index is 0.891. The molecule has 0 bridgehead atoms. The lowest BCUT2D eigenvalue weighted by atomic mass is 10.2. The second-order valence-corrected chi connectivity index (χ2v) is 6.27. The molecule has 7 heteroatoms. The van der Waals surface area contributed by atoms with Crippen LogP contribution in [0.4, 0.5) is 5.69 Å². The number of aliphatic imine (C=N–C) groups is 1. The van der Waals surface area contributed by atoms with Crippen molar-refractivity contribution in [1.29, 1.82) is 0 Å². The molecule has 1 aliphatic heterocycles. The third-order valence-corrected chi connectivity index (χ3v) is 4.62. The quantitative estimate of drug-likeness (QED) is 0.485. The molecular formula is C19H28N6O. The van der Waals surface area contributed by atoms with Crippen molar-refractivity contribution in [2.45, 2.75) is 13.0 Å². The summed E-state index contributed by atoms with van der Waals surface area (Å²) in [4.78, 5) is 9.16. The van der Waals surface area contributed by atoms with Crippen LogP contribution in [0.1, 0.15) is 6.42 Å². The zero-order valence-electron chi connectivity index (χ0n) is 15.6. The number of piperazine rings is 1. The van der Waals surface area contributed by atoms with Gasteiger partial charge in [0.2, 0.25) is 0 Å². The van der Waals surface area contributed by atoms with E-state index in [1.165, 1.54) is 5.69 Å². The van der Waals surface area contributed by atoms with Gasteiger partial charge in [-0.1, -0.05) is 6.07 Å². The largest absolute Gasteiger partial charge is 0.497 e. The maximum absolute atomic E-state index is 5.33. The molecule has 2 heterocycles. The monoisotopic (exact) mass is 356 g/mol. The van der Waals surface area contributed by atoms with E-state index in [0.717, 1.165) is 57.4 Å². The summed E-state index contributed by atoms with van der Waals surface area (Å²) in [5.74, 6) is 1.88. The van der Waals surface area contributed by atoms with Crippen molar-refractivity contribution in [3.8, 4) is 5.75 Å². The van der Waals surface area contributed by atoms with Gasteiger partial charge >= 0.3 is 0 Å². The molecule has 1 aromatic heterocycles. The molecule has 0 spiro atoms. The van der Waals surface area contributed by atoms with Crippen LogP contribution in [0.15, 0.2) is 47.7 Å². The van der Waals surface area contributed by atoms with Crippen molar-refractivity contribution < 1.29 is 4.74 Å². The second kappa shape index (κ2) is 9.12. The van der Waals surface area contributed by atoms with Crippen LogP contribution in [0.25, 0.3) is 0 Å². The van der Waals surface area contributed by atoms with Crippen LogP contribution in [-0.2, 0) is 6.54 Å². The van der Waals surface area contributed by atoms with E-state index in [-0.39, 0.29) is 0 Å². The predicted octanol–water partition coefficient (Wildman–Crippen LogP) is 1.68. The Morgan fingerprint density at radius 3 is 2.77 bits per heavy atom. The van der Waals surface area contributed by atoms with Crippen LogP contribution in [0, 0.1) is 0 Å². The van der Waals surface area contributed by atoms with Crippen molar-refractivity contribution in [3.63, 3.8) is 0 Å². The first-order valence-electron chi connectivity index (χ1n) is 9.12. The zero-order valence-corrected chi connectivity index (χ0v) is 15.6. The first-order valence-corrected chi connectivity index (χ1v) is 9.12. The summed E-state index contributed by atoms with van der Waals surface area (Å²) in [7, 11) is 3.56. The number of nitrogens with one attached hydrogen (secondary N) is 1. The van der Waals surface area contributed by atoms with Gasteiger partial charge < -0.3 is 19.9 Å². The summed E-state index contributed by atoms with van der Waals surface area (Å²) >= 11 is 0. The minimum Gasteiger partial charge on any atom is -0.497 e. The molecule has 1 aromatic carbocycles. The van der Waals surface area contributed by atoms with Crippen molar-refractivity contribution in [1.82, 2.24) is 20.0 Å². The first kappa shape index (κ1) is 18.1. The molecule has 7 nitrogen and oxygen atoms in total. The van der Waals surface area contributed by atoms with E-state index < -0.39 is 0 Å². The fourth-order valence-electron chi connectivity index (χ4n) is 3.19. The fourth-order valence-corrected chi connectivity index (χ4v) is 3.19. The second-order valence-electron chi connectivity index (χ2n) is 6.27. The number of guanidine groups is 1. The number of aromatic nitrogens is 2. The standard InChI is InChI=1S/C19H28N6O/c1-20-19(21-8-4-10-25-11-5-9-22-25)24-14-12-23(13-15-24)17-6-3-7-18(16-17)26-2/h3,5-7,9,11,16H,4,8,10,12-15H2,1-2H3,(H,20,21). The first-order chi connectivity index (χ1) is 12.8. The van der Waals surface area contributed by atoms with Gasteiger partial charge in [0.1, 0.15) is 5.75 Å². The van der Waals surface area contributed by atoms with Gasteiger partial charge in [-0.2, -0.15) is 5.10 Å². The number of benzene rings is 1. The van der Waals surface area contributed by atoms with Crippen molar-refractivity contribution in [3.05, 3.63) is 42.7 Å². The summed E-state index contributed by atoms with van der Waals surface area (Å²) in [6.45, 7) is 5.66. The molecule has 3 rings (SSSR count). The van der Waals surface area contributed by atoms with Crippen LogP contribution < -0.4 is 15.0 Å². The van der Waals surface area contributed by atoms with E-state index in [1.807, 2.05) is 42.3 Å². The van der Waals surface area contributed by atoms with Gasteiger partial charge in [-0.15, -0.1) is 0 Å². The average molecular weight is 356 g/mol. The van der Waals surface area contributed by atoms with Crippen molar-refractivity contribution >= 4 is 11.6 Å². The maximum Gasteiger partial charge on any atom is 0.193 e. The average Bonchev–Trinajstić information content (AvgIpc) is 3.22. The van der Waals surface area contributed by atoms with E-state index in [2.05, 4.69) is 37.3 Å². The van der Waals surface area contributed by atoms with Gasteiger partial charge in [-0.05, 0) is 24.6 Å². The fraction of sp³-hybridized carbons (Fsp3) is 0.474. The van der Waals surface area contributed by atoms with Gasteiger partial charge in [-0.3, -0.25) is 9.67 Å². The lowest BCUT2D eigenvalue weighted by Gasteiger charge is -2.37. The van der Waals surface area contributed by atoms with Gasteiger partial charge in [-0.25, -0.2) is 0 Å². The molecule has 1 N–H and O–H groups in total. The Bertz CT molecular complexity index is 692. The minimum absolute atomic E-state index is 0.891. The van der Waals surface area contributed by atoms with Crippen LogP contribution in [0.2, 0.25) is 0 Å². The Labute approximate surface area is 155 Å². The van der Waals surface area contributed by atoms with E-state index >= 15 is 0 Å². The number of rotatable bonds is 6. The summed E-state index contributed by atoms with van der Waals surface area (Å²) < 4.78 is 7.29. The summed E-state index contributed by atoms with van der Waals surface area (Å²) in [5, 5.41) is 7.70. The Morgan fingerprint density at radius 1 is 1.23 bits per heavy atom. The highest BCUT2D eigenvalue weighted by Crippen LogP contribution is 2.22. The van der Waals surface area contributed by atoms with Crippen LogP contribution in [0.5, 0.6) is 5.75 Å². The highest BCUT2D eigenvalue weighted by molar-refractivity contribution is 5.80. The molecule has 0 amide bonds. The van der Waals surface area contributed by atoms with Crippen LogP contribution >= 0.6 is 0 Å². The number of anilines is 1. The zero-order chi connectivity index (χ0) is 18.2. The molecule has 140 valence electrons. The number of hydrogen-bond donors (Lipinski definition) is 1. The van der Waals surface area contributed by atoms with Crippen molar-refractivity contribution in [2.75, 3.05) is 51.8 Å². The number of methoxy groups -OCH3 is 1.